The Morgan fingerprint density at radius 1 is 0.824 bits per heavy atom. The number of aliphatic hydroxyl groups excluding tert-OH is 1. The van der Waals surface area contributed by atoms with Crippen LogP contribution in [0.4, 0.5) is 10.5 Å². The fourth-order valence-corrected chi connectivity index (χ4v) is 11.9. The van der Waals surface area contributed by atoms with Crippen LogP contribution >= 0.6 is 0 Å². The van der Waals surface area contributed by atoms with Crippen LogP contribution in [-0.2, 0) is 0 Å². The highest BCUT2D eigenvalue weighted by molar-refractivity contribution is 6.14. The quantitative estimate of drug-likeness (QED) is 0.163. The summed E-state index contributed by atoms with van der Waals surface area (Å²) in [6.45, 7) is 7.51. The highest BCUT2D eigenvalue weighted by Crippen LogP contribution is 2.78. The minimum absolute atomic E-state index is 0.00623. The topological polar surface area (TPSA) is 89.9 Å². The molecule has 6 heteroatoms. The number of nitrogens with zero attached hydrogens (tertiary/aromatic N) is 1. The van der Waals surface area contributed by atoms with Gasteiger partial charge in [-0.15, -0.1) is 0 Å². The number of carbonyl (C=O) groups excluding carboxylic acids is 2. The fourth-order valence-electron chi connectivity index (χ4n) is 11.9. The van der Waals surface area contributed by atoms with E-state index in [1.165, 1.54) is 0 Å². The first-order valence-corrected chi connectivity index (χ1v) is 19.1. The molecule has 9 rings (SSSR count). The Hall–Kier alpha value is -4.00. The first-order valence-electron chi connectivity index (χ1n) is 19.1. The van der Waals surface area contributed by atoms with Crippen LogP contribution in [-0.4, -0.2) is 51.7 Å². The zero-order valence-corrected chi connectivity index (χ0v) is 30.3. The summed E-state index contributed by atoms with van der Waals surface area (Å²) in [4.78, 5) is 30.9. The molecular formula is C45H52N2O4. The lowest BCUT2D eigenvalue weighted by atomic mass is 9.32. The van der Waals surface area contributed by atoms with Crippen LogP contribution in [0.15, 0.2) is 109 Å². The molecule has 0 aliphatic heterocycles. The average molecular weight is 685 g/mol. The van der Waals surface area contributed by atoms with E-state index in [1.807, 2.05) is 72.8 Å². The largest absolute Gasteiger partial charge is 0.393 e. The van der Waals surface area contributed by atoms with Gasteiger partial charge in [0.2, 0.25) is 0 Å². The lowest BCUT2D eigenvalue weighted by Gasteiger charge is -2.71. The van der Waals surface area contributed by atoms with Crippen molar-refractivity contribution in [3.05, 3.63) is 114 Å². The maximum absolute atomic E-state index is 15.4. The van der Waals surface area contributed by atoms with Gasteiger partial charge in [-0.1, -0.05) is 112 Å². The Kier molecular flexibility index (Phi) is 8.23. The molecule has 3 aromatic rings. The predicted octanol–water partition coefficient (Wildman–Crippen LogP) is 9.07. The van der Waals surface area contributed by atoms with Crippen LogP contribution in [0.25, 0.3) is 11.1 Å². The van der Waals surface area contributed by atoms with Gasteiger partial charge < -0.3 is 20.4 Å². The normalized spacial score (nSPS) is 36.0. The number of aliphatic hydroxyl groups is 2. The minimum atomic E-state index is -1.12. The van der Waals surface area contributed by atoms with Crippen molar-refractivity contribution in [1.29, 1.82) is 0 Å². The number of fused-ring (bicyclic) bond motifs is 1. The van der Waals surface area contributed by atoms with Gasteiger partial charge in [-0.2, -0.15) is 0 Å². The molecule has 8 atom stereocenters. The lowest BCUT2D eigenvalue weighted by molar-refractivity contribution is -0.174. The Morgan fingerprint density at radius 3 is 2.22 bits per heavy atom. The van der Waals surface area contributed by atoms with Gasteiger partial charge in [0.1, 0.15) is 0 Å². The number of allylic oxidation sites excluding steroid dienone is 4. The van der Waals surface area contributed by atoms with E-state index < -0.39 is 27.9 Å². The Morgan fingerprint density at radius 2 is 1.47 bits per heavy atom. The maximum atomic E-state index is 15.4. The summed E-state index contributed by atoms with van der Waals surface area (Å²) in [6, 6.07) is 27.4. The van der Waals surface area contributed by atoms with E-state index in [0.717, 1.165) is 60.9 Å². The number of amides is 2. The van der Waals surface area contributed by atoms with Gasteiger partial charge >= 0.3 is 6.03 Å². The summed E-state index contributed by atoms with van der Waals surface area (Å²) < 4.78 is 0. The molecule has 6 aliphatic rings. The second kappa shape index (κ2) is 12.3. The number of hydrogen-bond donors (Lipinski definition) is 3. The van der Waals surface area contributed by atoms with Crippen molar-refractivity contribution >= 4 is 17.5 Å². The molecule has 2 bridgehead atoms. The third kappa shape index (κ3) is 4.96. The molecule has 2 amide bonds. The van der Waals surface area contributed by atoms with Gasteiger partial charge in [-0.3, -0.25) is 4.79 Å². The molecule has 51 heavy (non-hydrogen) atoms. The smallest absolute Gasteiger partial charge is 0.321 e. The van der Waals surface area contributed by atoms with Gasteiger partial charge in [0.05, 0.1) is 18.2 Å². The number of ketones is 1. The van der Waals surface area contributed by atoms with Crippen molar-refractivity contribution in [2.75, 3.05) is 18.4 Å². The number of anilines is 1. The average Bonchev–Trinajstić information content (AvgIpc) is 3.41. The fraction of sp³-hybridized carbons (Fsp3) is 0.467. The highest BCUT2D eigenvalue weighted by atomic mass is 16.3. The van der Waals surface area contributed by atoms with E-state index in [2.05, 4.69) is 56.4 Å². The molecule has 0 radical (unpaired) electrons. The summed E-state index contributed by atoms with van der Waals surface area (Å²) in [6.07, 6.45) is 12.7. The molecular weight excluding hydrogens is 633 g/mol. The molecule has 8 unspecified atom stereocenters. The Balaban J connectivity index is 1.22. The number of hydrogen-bond acceptors (Lipinski definition) is 4. The van der Waals surface area contributed by atoms with E-state index >= 15 is 4.79 Å². The first kappa shape index (κ1) is 34.1. The SMILES string of the molecule is CCCN(CC1(O)CCC2C34C=CC5(C=C3C(=O)c3ccccc3-c3ccccc3)CC(O)CCC5(C)C4CCC21C)C(=O)Nc1ccccc1. The van der Waals surface area contributed by atoms with Crippen molar-refractivity contribution in [2.24, 2.45) is 33.5 Å². The second-order valence-electron chi connectivity index (χ2n) is 16.8. The lowest BCUT2D eigenvalue weighted by Crippen LogP contribution is -2.67. The number of urea groups is 1. The number of nitrogens with one attached hydrogen (secondary N) is 1. The molecule has 3 fully saturated rings. The van der Waals surface area contributed by atoms with Crippen LogP contribution in [0.5, 0.6) is 0 Å². The van der Waals surface area contributed by atoms with Crippen molar-refractivity contribution in [3.8, 4) is 11.1 Å². The van der Waals surface area contributed by atoms with Gasteiger partial charge in [0, 0.05) is 39.6 Å². The first-order chi connectivity index (χ1) is 24.5. The maximum Gasteiger partial charge on any atom is 0.321 e. The summed E-state index contributed by atoms with van der Waals surface area (Å²) in [5, 5.41) is 27.1. The standard InChI is InChI=1S/C45H52N2O4/c1-4-27-47(40(50)46-32-15-9-6-10-16-32)30-44(51)24-21-38-42(44,3)23-20-37-41(2)22-19-33(48)28-43(41)25-26-45(37,38)36(29-43)39(49)35-18-12-11-17-34(35)31-13-7-5-8-14-31/h5-18,25-26,29,33,37-38,48,51H,4,19-24,27-28,30H2,1-3H3,(H,46,50). The van der Waals surface area contributed by atoms with Crippen LogP contribution < -0.4 is 5.32 Å². The van der Waals surface area contributed by atoms with Crippen LogP contribution in [0.2, 0.25) is 0 Å². The minimum Gasteiger partial charge on any atom is -0.393 e. The number of Topliss-reactive ketones (excluding diaryl/α,β-unsaturated/α-hetero) is 1. The number of para-hydroxylation sites is 1. The van der Waals surface area contributed by atoms with Crippen LogP contribution in [0.1, 0.15) is 82.5 Å². The zero-order chi connectivity index (χ0) is 35.6. The number of rotatable bonds is 8. The molecule has 0 saturated heterocycles. The van der Waals surface area contributed by atoms with Gasteiger partial charge in [0.15, 0.2) is 5.78 Å². The zero-order valence-electron chi connectivity index (χ0n) is 30.3. The Labute approximate surface area is 302 Å². The molecule has 0 heterocycles. The molecule has 2 spiro atoms. The van der Waals surface area contributed by atoms with Crippen molar-refractivity contribution in [1.82, 2.24) is 4.90 Å². The van der Waals surface area contributed by atoms with E-state index in [0.29, 0.717) is 24.9 Å². The molecule has 3 N–H and O–H groups in total. The van der Waals surface area contributed by atoms with Crippen LogP contribution in [0.3, 0.4) is 0 Å². The number of carbonyl (C=O) groups is 2. The molecule has 6 aliphatic carbocycles. The van der Waals surface area contributed by atoms with Gasteiger partial charge in [-0.05, 0) is 91.9 Å². The third-order valence-corrected chi connectivity index (χ3v) is 14.5. The summed E-state index contributed by atoms with van der Waals surface area (Å²) >= 11 is 0. The van der Waals surface area contributed by atoms with E-state index in [1.54, 1.807) is 4.90 Å². The van der Waals surface area contributed by atoms with Crippen LogP contribution in [0, 0.1) is 33.5 Å². The Bertz CT molecular complexity index is 1890. The predicted molar refractivity (Wildman–Crippen MR) is 202 cm³/mol. The molecule has 6 nitrogen and oxygen atoms in total. The molecule has 266 valence electrons. The monoisotopic (exact) mass is 684 g/mol. The van der Waals surface area contributed by atoms with E-state index in [9.17, 15) is 15.0 Å². The van der Waals surface area contributed by atoms with Gasteiger partial charge in [-0.25, -0.2) is 4.79 Å². The van der Waals surface area contributed by atoms with Crippen molar-refractivity contribution < 1.29 is 19.8 Å². The van der Waals surface area contributed by atoms with E-state index in [-0.39, 0.29) is 35.6 Å². The second-order valence-corrected chi connectivity index (χ2v) is 16.8. The number of benzene rings is 3. The van der Waals surface area contributed by atoms with Crippen molar-refractivity contribution in [3.63, 3.8) is 0 Å². The molecule has 3 saturated carbocycles. The highest BCUT2D eigenvalue weighted by Gasteiger charge is 2.74. The van der Waals surface area contributed by atoms with Crippen molar-refractivity contribution in [2.45, 2.75) is 83.8 Å². The summed E-state index contributed by atoms with van der Waals surface area (Å²) in [5.41, 5.74) is 1.47. The third-order valence-electron chi connectivity index (χ3n) is 14.5. The summed E-state index contributed by atoms with van der Waals surface area (Å²) in [5.74, 6) is 0.260. The van der Waals surface area contributed by atoms with E-state index in [4.69, 9.17) is 0 Å². The molecule has 3 aromatic carbocycles. The van der Waals surface area contributed by atoms with Gasteiger partial charge in [0.25, 0.3) is 0 Å². The summed E-state index contributed by atoms with van der Waals surface area (Å²) in [7, 11) is 0. The molecule has 0 aromatic heterocycles.